The van der Waals surface area contributed by atoms with Crippen LogP contribution in [0.1, 0.15) is 48.8 Å². The van der Waals surface area contributed by atoms with Crippen LogP contribution in [0.5, 0.6) is 0 Å². The maximum Gasteiger partial charge on any atom is 0.273 e. The lowest BCUT2D eigenvalue weighted by atomic mass is 9.84. The van der Waals surface area contributed by atoms with Gasteiger partial charge in [0.15, 0.2) is 5.69 Å². The number of piperidine rings is 1. The van der Waals surface area contributed by atoms with E-state index in [2.05, 4.69) is 24.3 Å². The second-order valence-corrected chi connectivity index (χ2v) is 7.49. The number of fused-ring (bicyclic) bond motifs is 1. The zero-order valence-corrected chi connectivity index (χ0v) is 16.2. The van der Waals surface area contributed by atoms with Crippen LogP contribution in [0.2, 0.25) is 0 Å². The first kappa shape index (κ1) is 19.2. The van der Waals surface area contributed by atoms with Gasteiger partial charge in [0, 0.05) is 25.7 Å². The van der Waals surface area contributed by atoms with Crippen molar-refractivity contribution in [2.45, 2.75) is 51.1 Å². The van der Waals surface area contributed by atoms with Gasteiger partial charge < -0.3 is 15.4 Å². The number of carbonyl (C=O) groups excluding carboxylic acids is 2. The van der Waals surface area contributed by atoms with Crippen molar-refractivity contribution in [1.29, 1.82) is 0 Å². The molecule has 9 heteroatoms. The van der Waals surface area contributed by atoms with E-state index in [4.69, 9.17) is 4.74 Å². The van der Waals surface area contributed by atoms with Crippen molar-refractivity contribution < 1.29 is 14.3 Å². The lowest BCUT2D eigenvalue weighted by Gasteiger charge is -2.40. The van der Waals surface area contributed by atoms with Gasteiger partial charge >= 0.3 is 0 Å². The third kappa shape index (κ3) is 3.89. The number of amides is 2. The average molecular weight is 382 g/mol. The normalized spacial score (nSPS) is 25.7. The van der Waals surface area contributed by atoms with Crippen molar-refractivity contribution >= 4 is 23.5 Å². The van der Waals surface area contributed by atoms with Crippen molar-refractivity contribution in [2.24, 2.45) is 0 Å². The van der Waals surface area contributed by atoms with Gasteiger partial charge in [-0.3, -0.25) is 14.5 Å². The number of rotatable bonds is 7. The van der Waals surface area contributed by atoms with Crippen LogP contribution >= 0.6 is 11.7 Å². The Hall–Kier alpha value is -1.58. The van der Waals surface area contributed by atoms with Gasteiger partial charge in [-0.1, -0.05) is 0 Å². The molecule has 3 rings (SSSR count). The molecule has 2 amide bonds. The maximum absolute atomic E-state index is 12.9. The molecule has 2 atom stereocenters. The fourth-order valence-corrected chi connectivity index (χ4v) is 4.56. The van der Waals surface area contributed by atoms with Crippen LogP contribution < -0.4 is 10.6 Å². The van der Waals surface area contributed by atoms with E-state index in [1.807, 2.05) is 6.92 Å². The zero-order chi connectivity index (χ0) is 18.6. The molecule has 0 bridgehead atoms. The summed E-state index contributed by atoms with van der Waals surface area (Å²) in [6.07, 6.45) is 3.59. The Morgan fingerprint density at radius 2 is 2.23 bits per heavy atom. The van der Waals surface area contributed by atoms with Crippen molar-refractivity contribution in [3.05, 3.63) is 11.4 Å². The van der Waals surface area contributed by atoms with E-state index >= 15 is 0 Å². The number of hydrogen-bond acceptors (Lipinski definition) is 7. The van der Waals surface area contributed by atoms with Crippen LogP contribution in [0.3, 0.4) is 0 Å². The second kappa shape index (κ2) is 8.41. The van der Waals surface area contributed by atoms with E-state index in [1.165, 1.54) is 0 Å². The molecule has 2 aliphatic rings. The topological polar surface area (TPSA) is 96.5 Å². The van der Waals surface area contributed by atoms with Gasteiger partial charge in [0.2, 0.25) is 5.91 Å². The quantitative estimate of drug-likeness (QED) is 0.676. The van der Waals surface area contributed by atoms with Gasteiger partial charge in [0.05, 0.1) is 24.0 Å². The smallest absolute Gasteiger partial charge is 0.273 e. The standard InChI is InChI=1S/C17H27N5O3S/c1-3-25-9-7-18-16(24)17-6-4-5-8-22(17)11-13(10-17)19-15(23)14-12(2)20-26-21-14/h13H,3-11H2,1-2H3,(H,18,24)(H,19,23)/t13-,17-/m0/s1. The molecule has 26 heavy (non-hydrogen) atoms. The monoisotopic (exact) mass is 381 g/mol. The van der Waals surface area contributed by atoms with Gasteiger partial charge in [0.1, 0.15) is 5.54 Å². The molecule has 0 aliphatic carbocycles. The first-order valence-corrected chi connectivity index (χ1v) is 10.0. The van der Waals surface area contributed by atoms with Crippen LogP contribution in [0, 0.1) is 6.92 Å². The number of hydrogen-bond donors (Lipinski definition) is 2. The minimum Gasteiger partial charge on any atom is -0.380 e. The molecule has 0 unspecified atom stereocenters. The molecular formula is C17H27N5O3S. The number of ether oxygens (including phenoxy) is 1. The molecule has 2 saturated heterocycles. The number of aryl methyl sites for hydroxylation is 1. The Morgan fingerprint density at radius 3 is 2.96 bits per heavy atom. The summed E-state index contributed by atoms with van der Waals surface area (Å²) < 4.78 is 13.4. The Labute approximate surface area is 158 Å². The summed E-state index contributed by atoms with van der Waals surface area (Å²) in [4.78, 5) is 27.6. The van der Waals surface area contributed by atoms with Gasteiger partial charge in [-0.25, -0.2) is 0 Å². The molecule has 3 heterocycles. The molecule has 2 aliphatic heterocycles. The molecule has 0 aromatic carbocycles. The first-order valence-electron chi connectivity index (χ1n) is 9.28. The highest BCUT2D eigenvalue weighted by Crippen LogP contribution is 2.38. The van der Waals surface area contributed by atoms with Gasteiger partial charge in [0.25, 0.3) is 5.91 Å². The van der Waals surface area contributed by atoms with Crippen LogP contribution in [0.4, 0.5) is 0 Å². The van der Waals surface area contributed by atoms with Crippen molar-refractivity contribution in [3.8, 4) is 0 Å². The lowest BCUT2D eigenvalue weighted by Crippen LogP contribution is -2.57. The third-order valence-corrected chi connectivity index (χ3v) is 5.88. The maximum atomic E-state index is 12.9. The summed E-state index contributed by atoms with van der Waals surface area (Å²) in [6.45, 7) is 6.99. The minimum absolute atomic E-state index is 0.0557. The molecule has 0 spiro atoms. The van der Waals surface area contributed by atoms with Gasteiger partial charge in [-0.05, 0) is 46.1 Å². The van der Waals surface area contributed by atoms with E-state index in [9.17, 15) is 9.59 Å². The SMILES string of the molecule is CCOCCNC(=O)[C@@]12CCCCN1C[C@@H](NC(=O)c1nsnc1C)C2. The Balaban J connectivity index is 1.64. The second-order valence-electron chi connectivity index (χ2n) is 6.96. The van der Waals surface area contributed by atoms with Gasteiger partial charge in [-0.2, -0.15) is 8.75 Å². The summed E-state index contributed by atoms with van der Waals surface area (Å²) in [7, 11) is 0. The van der Waals surface area contributed by atoms with Crippen LogP contribution in [-0.2, 0) is 9.53 Å². The van der Waals surface area contributed by atoms with Crippen molar-refractivity contribution in [2.75, 3.05) is 32.8 Å². The molecule has 8 nitrogen and oxygen atoms in total. The molecule has 2 fully saturated rings. The number of carbonyl (C=O) groups is 2. The summed E-state index contributed by atoms with van der Waals surface area (Å²) >= 11 is 1.04. The van der Waals surface area contributed by atoms with E-state index in [-0.39, 0.29) is 17.9 Å². The van der Waals surface area contributed by atoms with E-state index in [0.29, 0.717) is 44.1 Å². The molecule has 144 valence electrons. The summed E-state index contributed by atoms with van der Waals surface area (Å²) in [5.41, 5.74) is 0.513. The summed E-state index contributed by atoms with van der Waals surface area (Å²) in [5, 5.41) is 6.07. The van der Waals surface area contributed by atoms with E-state index in [0.717, 1.165) is 37.5 Å². The average Bonchev–Trinajstić information content (AvgIpc) is 3.22. The summed E-state index contributed by atoms with van der Waals surface area (Å²) in [6, 6.07) is -0.0562. The molecule has 0 radical (unpaired) electrons. The van der Waals surface area contributed by atoms with Crippen LogP contribution in [-0.4, -0.2) is 69.9 Å². The highest BCUT2D eigenvalue weighted by atomic mass is 32.1. The lowest BCUT2D eigenvalue weighted by molar-refractivity contribution is -0.134. The largest absolute Gasteiger partial charge is 0.380 e. The van der Waals surface area contributed by atoms with Gasteiger partial charge in [-0.15, -0.1) is 0 Å². The van der Waals surface area contributed by atoms with Crippen molar-refractivity contribution in [1.82, 2.24) is 24.3 Å². The van der Waals surface area contributed by atoms with Crippen LogP contribution in [0.25, 0.3) is 0 Å². The predicted octanol–water partition coefficient (Wildman–Crippen LogP) is 0.726. The zero-order valence-electron chi connectivity index (χ0n) is 15.4. The first-order chi connectivity index (χ1) is 12.6. The minimum atomic E-state index is -0.516. The van der Waals surface area contributed by atoms with E-state index < -0.39 is 5.54 Å². The van der Waals surface area contributed by atoms with E-state index in [1.54, 1.807) is 6.92 Å². The molecule has 1 aromatic rings. The predicted molar refractivity (Wildman–Crippen MR) is 98.2 cm³/mol. The fourth-order valence-electron chi connectivity index (χ4n) is 4.01. The molecular weight excluding hydrogens is 354 g/mol. The highest BCUT2D eigenvalue weighted by Gasteiger charge is 2.52. The third-order valence-electron chi connectivity index (χ3n) is 5.26. The highest BCUT2D eigenvalue weighted by molar-refractivity contribution is 6.99. The number of aromatic nitrogens is 2. The fraction of sp³-hybridized carbons (Fsp3) is 0.765. The molecule has 1 aromatic heterocycles. The molecule has 2 N–H and O–H groups in total. The van der Waals surface area contributed by atoms with Crippen LogP contribution in [0.15, 0.2) is 0 Å². The number of nitrogens with zero attached hydrogens (tertiary/aromatic N) is 3. The molecule has 0 saturated carbocycles. The number of nitrogens with one attached hydrogen (secondary N) is 2. The Morgan fingerprint density at radius 1 is 1.38 bits per heavy atom. The summed E-state index contributed by atoms with van der Waals surface area (Å²) in [5.74, 6) is -0.145. The Kier molecular flexibility index (Phi) is 6.20. The Bertz CT molecular complexity index is 652. The van der Waals surface area contributed by atoms with Crippen molar-refractivity contribution in [3.63, 3.8) is 0 Å².